The summed E-state index contributed by atoms with van der Waals surface area (Å²) in [4.78, 5) is 35.5. The number of unbranched alkanes of at least 4 members (excludes halogenated alkanes) is 44. The lowest BCUT2D eigenvalue weighted by Gasteiger charge is -2.19. The van der Waals surface area contributed by atoms with E-state index in [1.54, 1.807) is 0 Å². The van der Waals surface area contributed by atoms with Crippen LogP contribution in [0.3, 0.4) is 0 Å². The molecule has 0 aromatic carbocycles. The summed E-state index contributed by atoms with van der Waals surface area (Å²) < 4.78 is 33.3. The predicted octanol–water partition coefficient (Wildman–Crippen LogP) is 29.7. The Morgan fingerprint density at radius 1 is 0.301 bits per heavy atom. The largest absolute Gasteiger partial charge is 0.472 e. The highest BCUT2D eigenvalue weighted by Gasteiger charge is 2.26. The summed E-state index contributed by atoms with van der Waals surface area (Å²) in [6, 6.07) is 0. The van der Waals surface area contributed by atoms with Crippen LogP contribution in [0, 0.1) is 0 Å². The summed E-state index contributed by atoms with van der Waals surface area (Å²) >= 11 is 0. The van der Waals surface area contributed by atoms with Crippen LogP contribution in [0.25, 0.3) is 0 Å². The number of phosphoric acid groups is 1. The summed E-state index contributed by atoms with van der Waals surface area (Å²) in [7, 11) is -4.41. The van der Waals surface area contributed by atoms with Crippen molar-refractivity contribution in [2.75, 3.05) is 26.4 Å². The molecule has 9 nitrogen and oxygen atoms in total. The molecule has 0 heterocycles. The average molecular weight is 1450 g/mol. The maximum atomic E-state index is 12.8. The number of carbonyl (C=O) groups excluding carboxylic acids is 2. The molecule has 0 fully saturated rings. The molecule has 0 aromatic rings. The monoisotopic (exact) mass is 1450 g/mol. The highest BCUT2D eigenvalue weighted by molar-refractivity contribution is 7.47. The highest BCUT2D eigenvalue weighted by atomic mass is 31.2. The van der Waals surface area contributed by atoms with Gasteiger partial charge in [0.15, 0.2) is 6.10 Å². The van der Waals surface area contributed by atoms with Crippen LogP contribution in [0.2, 0.25) is 0 Å². The zero-order valence-corrected chi connectivity index (χ0v) is 67.9. The Bertz CT molecular complexity index is 2220. The number of nitrogens with two attached hydrogens (primary N) is 1. The Kier molecular flexibility index (Phi) is 83.3. The third kappa shape index (κ3) is 86.7. The van der Waals surface area contributed by atoms with Crippen molar-refractivity contribution in [2.24, 2.45) is 5.73 Å². The third-order valence-electron chi connectivity index (χ3n) is 18.7. The van der Waals surface area contributed by atoms with E-state index in [1.807, 2.05) is 0 Å². The second kappa shape index (κ2) is 86.8. The fourth-order valence-electron chi connectivity index (χ4n) is 12.4. The lowest BCUT2D eigenvalue weighted by Crippen LogP contribution is -2.29. The fraction of sp³-hybridized carbons (Fsp3) is 0.720. The van der Waals surface area contributed by atoms with E-state index in [0.29, 0.717) is 6.42 Å². The minimum absolute atomic E-state index is 0.0435. The third-order valence-corrected chi connectivity index (χ3v) is 19.7. The van der Waals surface area contributed by atoms with Crippen LogP contribution in [0.1, 0.15) is 399 Å². The van der Waals surface area contributed by atoms with Crippen LogP contribution < -0.4 is 5.73 Å². The van der Waals surface area contributed by atoms with Crippen molar-refractivity contribution in [1.82, 2.24) is 0 Å². The molecule has 592 valence electrons. The topological polar surface area (TPSA) is 134 Å². The van der Waals surface area contributed by atoms with Gasteiger partial charge in [-0.15, -0.1) is 0 Å². The fourth-order valence-corrected chi connectivity index (χ4v) is 13.2. The second-order valence-corrected chi connectivity index (χ2v) is 30.1. The Morgan fingerprint density at radius 3 is 0.796 bits per heavy atom. The number of carbonyl (C=O) groups is 2. The molecule has 0 saturated carbocycles. The van der Waals surface area contributed by atoms with Crippen LogP contribution in [0.15, 0.2) is 146 Å². The van der Waals surface area contributed by atoms with E-state index >= 15 is 0 Å². The molecule has 0 saturated heterocycles. The quantitative estimate of drug-likeness (QED) is 0.0264. The van der Waals surface area contributed by atoms with E-state index in [9.17, 15) is 19.0 Å². The Morgan fingerprint density at radius 2 is 0.534 bits per heavy atom. The Hall–Kier alpha value is -4.11. The van der Waals surface area contributed by atoms with Gasteiger partial charge >= 0.3 is 19.8 Å². The van der Waals surface area contributed by atoms with Gasteiger partial charge in [-0.25, -0.2) is 4.57 Å². The zero-order chi connectivity index (χ0) is 74.3. The Balaban J connectivity index is 3.86. The molecule has 0 spiro atoms. The van der Waals surface area contributed by atoms with Crippen molar-refractivity contribution < 1.29 is 37.6 Å². The zero-order valence-electron chi connectivity index (χ0n) is 67.0. The molecule has 0 aromatic heterocycles. The van der Waals surface area contributed by atoms with Gasteiger partial charge in [-0.05, 0) is 103 Å². The first-order valence-corrected chi connectivity index (χ1v) is 44.8. The minimum Gasteiger partial charge on any atom is -0.462 e. The molecular weight excluding hydrogens is 1290 g/mol. The molecule has 0 aliphatic rings. The molecule has 2 atom stereocenters. The molecular formula is C93H162NO8P. The van der Waals surface area contributed by atoms with Crippen molar-refractivity contribution in [3.05, 3.63) is 146 Å². The van der Waals surface area contributed by atoms with E-state index in [4.69, 9.17) is 24.3 Å². The first kappa shape index (κ1) is 98.9. The highest BCUT2D eigenvalue weighted by Crippen LogP contribution is 2.43. The van der Waals surface area contributed by atoms with Crippen molar-refractivity contribution in [1.29, 1.82) is 0 Å². The molecule has 0 bridgehead atoms. The molecule has 0 aliphatic heterocycles. The van der Waals surface area contributed by atoms with Crippen LogP contribution >= 0.6 is 7.82 Å². The minimum atomic E-state index is -4.41. The summed E-state index contributed by atoms with van der Waals surface area (Å²) in [5.74, 6) is -0.851. The SMILES string of the molecule is CC/C=C\C/C=C\C/C=C\C/C=C\C/C=C\C/C=C\C/C=C\C/C=C\C/C=C\C/C=C\C/C=C\C/C=C\CCCCCCC(=O)OC(COC(=O)CCCCCCCCCCCCCCCCCCCCCCCCCCCCCCCCCCCCCCCCCCC)COP(=O)(O)OCCN. The maximum Gasteiger partial charge on any atom is 0.472 e. The first-order chi connectivity index (χ1) is 50.8. The van der Waals surface area contributed by atoms with Gasteiger partial charge in [-0.1, -0.05) is 429 Å². The van der Waals surface area contributed by atoms with Gasteiger partial charge in [-0.2, -0.15) is 0 Å². The standard InChI is InChI=1S/C93H162NO8P/c1-3-5-7-9-11-13-15-17-19-21-23-25-27-29-31-33-35-37-39-41-43-45-47-49-51-53-55-57-59-61-63-65-67-69-71-73-75-77-79-81-83-85-92(95)99-89-91(90-101-103(97,98)100-88-87-94)102-93(96)86-84-82-80-78-76-74-72-70-68-66-64-62-60-58-56-54-52-50-48-46-44-42-40-38-36-34-32-30-28-26-24-22-20-18-16-14-12-10-8-6-4-2/h6,8,12,14,18,20,24,26,30,32,36,38,42,44,48,50,54,56,60,62,66,68,72,74,91H,3-5,7,9-11,13,15-17,19,21-23,25,27-29,31,33-35,37,39-41,43,45-47,49,51-53,55,57-59,61,63-65,67,69-71,73,75-90,94H2,1-2H3,(H,97,98)/b8-6-,14-12-,20-18-,26-24-,32-30-,38-36-,44-42-,50-48-,56-54-,62-60-,68-66-,74-72-. The molecule has 0 amide bonds. The molecule has 103 heavy (non-hydrogen) atoms. The molecule has 10 heteroatoms. The molecule has 3 N–H and O–H groups in total. The lowest BCUT2D eigenvalue weighted by atomic mass is 10.0. The van der Waals surface area contributed by atoms with Gasteiger partial charge in [-0.3, -0.25) is 18.6 Å². The van der Waals surface area contributed by atoms with Crippen LogP contribution in [-0.2, 0) is 32.7 Å². The summed E-state index contributed by atoms with van der Waals surface area (Å²) in [5, 5.41) is 0. The summed E-state index contributed by atoms with van der Waals surface area (Å²) in [6.07, 6.45) is 126. The van der Waals surface area contributed by atoms with Crippen LogP contribution in [0.5, 0.6) is 0 Å². The van der Waals surface area contributed by atoms with E-state index in [0.717, 1.165) is 122 Å². The summed E-state index contributed by atoms with van der Waals surface area (Å²) in [5.41, 5.74) is 5.42. The number of allylic oxidation sites excluding steroid dienone is 24. The number of ether oxygens (including phenoxy) is 2. The summed E-state index contributed by atoms with van der Waals surface area (Å²) in [6.45, 7) is 3.64. The van der Waals surface area contributed by atoms with E-state index in [1.165, 1.54) is 244 Å². The van der Waals surface area contributed by atoms with Gasteiger partial charge in [0.2, 0.25) is 0 Å². The molecule has 2 unspecified atom stereocenters. The van der Waals surface area contributed by atoms with E-state index in [2.05, 4.69) is 160 Å². The van der Waals surface area contributed by atoms with Crippen molar-refractivity contribution in [3.8, 4) is 0 Å². The number of esters is 2. The molecule has 0 rings (SSSR count). The first-order valence-electron chi connectivity index (χ1n) is 43.3. The Labute approximate surface area is 636 Å². The average Bonchev–Trinajstić information content (AvgIpc) is 0.970. The maximum absolute atomic E-state index is 12.8. The van der Waals surface area contributed by atoms with Gasteiger partial charge < -0.3 is 20.1 Å². The smallest absolute Gasteiger partial charge is 0.462 e. The number of rotatable bonds is 81. The predicted molar refractivity (Wildman–Crippen MR) is 450 cm³/mol. The van der Waals surface area contributed by atoms with E-state index in [-0.39, 0.29) is 38.6 Å². The normalized spacial score (nSPS) is 13.6. The van der Waals surface area contributed by atoms with Crippen molar-refractivity contribution in [2.45, 2.75) is 405 Å². The number of hydrogen-bond donors (Lipinski definition) is 2. The van der Waals surface area contributed by atoms with Crippen LogP contribution in [-0.4, -0.2) is 49.3 Å². The van der Waals surface area contributed by atoms with Crippen molar-refractivity contribution in [3.63, 3.8) is 0 Å². The van der Waals surface area contributed by atoms with Gasteiger partial charge in [0.25, 0.3) is 0 Å². The molecule has 0 aliphatic carbocycles. The van der Waals surface area contributed by atoms with E-state index < -0.39 is 26.5 Å². The lowest BCUT2D eigenvalue weighted by molar-refractivity contribution is -0.161. The van der Waals surface area contributed by atoms with Gasteiger partial charge in [0, 0.05) is 19.4 Å². The van der Waals surface area contributed by atoms with Crippen molar-refractivity contribution >= 4 is 19.8 Å². The number of hydrogen-bond acceptors (Lipinski definition) is 8. The molecule has 0 radical (unpaired) electrons. The van der Waals surface area contributed by atoms with Crippen LogP contribution in [0.4, 0.5) is 0 Å². The second-order valence-electron chi connectivity index (χ2n) is 28.7. The van der Waals surface area contributed by atoms with Gasteiger partial charge in [0.05, 0.1) is 13.2 Å². The van der Waals surface area contributed by atoms with Gasteiger partial charge in [0.1, 0.15) is 6.61 Å². The number of phosphoric ester groups is 1.